The molecule has 1 atom stereocenters. The molecule has 124 valence electrons. The van der Waals surface area contributed by atoms with Gasteiger partial charge in [-0.25, -0.2) is 8.42 Å². The van der Waals surface area contributed by atoms with Gasteiger partial charge >= 0.3 is 0 Å². The predicted molar refractivity (Wildman–Crippen MR) is 86.3 cm³/mol. The molecule has 0 aromatic carbocycles. The molecule has 0 spiro atoms. The summed E-state index contributed by atoms with van der Waals surface area (Å²) in [4.78, 5) is 0.416. The van der Waals surface area contributed by atoms with Crippen molar-refractivity contribution in [2.45, 2.75) is 82.2 Å². The van der Waals surface area contributed by atoms with Gasteiger partial charge in [0, 0.05) is 18.8 Å². The molecule has 0 radical (unpaired) electrons. The number of sulfonamides is 1. The Morgan fingerprint density at radius 1 is 1.18 bits per heavy atom. The number of nitrogens with zero attached hydrogens (tertiary/aromatic N) is 3. The molecular weight excluding hydrogens is 298 g/mol. The average Bonchev–Trinajstić information content (AvgIpc) is 3.16. The summed E-state index contributed by atoms with van der Waals surface area (Å²) >= 11 is 0. The molecule has 3 rings (SSSR count). The van der Waals surface area contributed by atoms with E-state index in [9.17, 15) is 8.42 Å². The largest absolute Gasteiger partial charge is 0.268 e. The quantitative estimate of drug-likeness (QED) is 0.854. The molecule has 1 aromatic rings. The molecule has 1 aromatic heterocycles. The third-order valence-electron chi connectivity index (χ3n) is 5.20. The molecule has 2 aliphatic rings. The van der Waals surface area contributed by atoms with Crippen molar-refractivity contribution in [3.63, 3.8) is 0 Å². The zero-order valence-electron chi connectivity index (χ0n) is 13.7. The molecular formula is C16H27N3O2S. The molecule has 22 heavy (non-hydrogen) atoms. The highest BCUT2D eigenvalue weighted by Crippen LogP contribution is 2.32. The van der Waals surface area contributed by atoms with Crippen molar-refractivity contribution in [1.29, 1.82) is 0 Å². The van der Waals surface area contributed by atoms with Crippen LogP contribution in [0.25, 0.3) is 0 Å². The van der Waals surface area contributed by atoms with Gasteiger partial charge in [-0.1, -0.05) is 26.2 Å². The highest BCUT2D eigenvalue weighted by Gasteiger charge is 2.35. The van der Waals surface area contributed by atoms with Gasteiger partial charge in [-0.15, -0.1) is 0 Å². The first kappa shape index (κ1) is 16.0. The Bertz CT molecular complexity index is 617. The fourth-order valence-electron chi connectivity index (χ4n) is 3.90. The summed E-state index contributed by atoms with van der Waals surface area (Å²) in [5.74, 6) is 0. The van der Waals surface area contributed by atoms with Crippen LogP contribution in [0.1, 0.15) is 70.0 Å². The van der Waals surface area contributed by atoms with Gasteiger partial charge in [0.15, 0.2) is 0 Å². The van der Waals surface area contributed by atoms with Crippen LogP contribution in [-0.4, -0.2) is 35.1 Å². The summed E-state index contributed by atoms with van der Waals surface area (Å²) in [6.45, 7) is 4.55. The van der Waals surface area contributed by atoms with Crippen LogP contribution in [-0.2, 0) is 10.0 Å². The summed E-state index contributed by atoms with van der Waals surface area (Å²) < 4.78 is 29.8. The minimum Gasteiger partial charge on any atom is -0.268 e. The number of aryl methyl sites for hydroxylation is 1. The second-order valence-corrected chi connectivity index (χ2v) is 8.53. The Morgan fingerprint density at radius 2 is 1.86 bits per heavy atom. The fourth-order valence-corrected chi connectivity index (χ4v) is 5.82. The minimum atomic E-state index is -3.41. The standard InChI is InChI=1S/C16H27N3O2S/c1-3-14-8-6-7-11-19(14)22(20,21)16-12-18(17-13(16)2)15-9-4-5-10-15/h12,14-15H,3-11H2,1-2H3. The van der Waals surface area contributed by atoms with Crippen molar-refractivity contribution in [2.24, 2.45) is 0 Å². The topological polar surface area (TPSA) is 55.2 Å². The van der Waals surface area contributed by atoms with Gasteiger partial charge < -0.3 is 0 Å². The highest BCUT2D eigenvalue weighted by atomic mass is 32.2. The van der Waals surface area contributed by atoms with Crippen LogP contribution < -0.4 is 0 Å². The number of hydrogen-bond donors (Lipinski definition) is 0. The highest BCUT2D eigenvalue weighted by molar-refractivity contribution is 7.89. The average molecular weight is 325 g/mol. The second kappa shape index (κ2) is 6.32. The van der Waals surface area contributed by atoms with Crippen molar-refractivity contribution < 1.29 is 8.42 Å². The Kier molecular flexibility index (Phi) is 4.59. The number of rotatable bonds is 4. The van der Waals surface area contributed by atoms with E-state index in [4.69, 9.17) is 0 Å². The molecule has 1 aliphatic carbocycles. The molecule has 1 unspecified atom stereocenters. The van der Waals surface area contributed by atoms with Gasteiger partial charge in [-0.05, 0) is 39.0 Å². The number of piperidine rings is 1. The Balaban J connectivity index is 1.91. The Morgan fingerprint density at radius 3 is 2.55 bits per heavy atom. The maximum atomic E-state index is 13.1. The zero-order chi connectivity index (χ0) is 15.7. The van der Waals surface area contributed by atoms with Crippen molar-refractivity contribution in [1.82, 2.24) is 14.1 Å². The maximum Gasteiger partial charge on any atom is 0.246 e. The van der Waals surface area contributed by atoms with Crippen molar-refractivity contribution in [3.05, 3.63) is 11.9 Å². The van der Waals surface area contributed by atoms with E-state index in [1.54, 1.807) is 10.5 Å². The lowest BCUT2D eigenvalue weighted by molar-refractivity contribution is 0.246. The molecule has 2 fully saturated rings. The molecule has 0 N–H and O–H groups in total. The van der Waals surface area contributed by atoms with Gasteiger partial charge in [-0.3, -0.25) is 4.68 Å². The predicted octanol–water partition coefficient (Wildman–Crippen LogP) is 3.26. The summed E-state index contributed by atoms with van der Waals surface area (Å²) in [5, 5.41) is 4.52. The van der Waals surface area contributed by atoms with Crippen molar-refractivity contribution >= 4 is 10.0 Å². The Labute approximate surface area is 133 Å². The zero-order valence-corrected chi connectivity index (χ0v) is 14.5. The first-order valence-corrected chi connectivity index (χ1v) is 10.1. The van der Waals surface area contributed by atoms with Gasteiger partial charge in [0.25, 0.3) is 0 Å². The van der Waals surface area contributed by atoms with E-state index in [1.165, 1.54) is 12.8 Å². The molecule has 1 saturated carbocycles. The van der Waals surface area contributed by atoms with E-state index in [2.05, 4.69) is 12.0 Å². The van der Waals surface area contributed by atoms with Crippen LogP contribution in [0.4, 0.5) is 0 Å². The SMILES string of the molecule is CCC1CCCCN1S(=O)(=O)c1cn(C2CCCC2)nc1C. The smallest absolute Gasteiger partial charge is 0.246 e. The Hall–Kier alpha value is -0.880. The van der Waals surface area contributed by atoms with Crippen LogP contribution in [0.2, 0.25) is 0 Å². The lowest BCUT2D eigenvalue weighted by Gasteiger charge is -2.33. The van der Waals surface area contributed by atoms with Gasteiger partial charge in [0.05, 0.1) is 11.7 Å². The third kappa shape index (κ3) is 2.83. The van der Waals surface area contributed by atoms with E-state index in [1.807, 2.05) is 11.6 Å². The lowest BCUT2D eigenvalue weighted by Crippen LogP contribution is -2.43. The first-order valence-electron chi connectivity index (χ1n) is 8.61. The van der Waals surface area contributed by atoms with Gasteiger partial charge in [-0.2, -0.15) is 9.40 Å². The number of hydrogen-bond acceptors (Lipinski definition) is 3. The van der Waals surface area contributed by atoms with E-state index >= 15 is 0 Å². The molecule has 6 heteroatoms. The molecule has 0 bridgehead atoms. The lowest BCUT2D eigenvalue weighted by atomic mass is 10.0. The van der Waals surface area contributed by atoms with Crippen LogP contribution in [0, 0.1) is 6.92 Å². The third-order valence-corrected chi connectivity index (χ3v) is 7.26. The van der Waals surface area contributed by atoms with E-state index in [-0.39, 0.29) is 6.04 Å². The molecule has 5 nitrogen and oxygen atoms in total. The molecule has 2 heterocycles. The van der Waals surface area contributed by atoms with E-state index in [0.29, 0.717) is 23.2 Å². The number of aromatic nitrogens is 2. The fraction of sp³-hybridized carbons (Fsp3) is 0.812. The van der Waals surface area contributed by atoms with Crippen molar-refractivity contribution in [2.75, 3.05) is 6.54 Å². The maximum absolute atomic E-state index is 13.1. The van der Waals surface area contributed by atoms with Crippen LogP contribution in [0.5, 0.6) is 0 Å². The summed E-state index contributed by atoms with van der Waals surface area (Å²) in [6.07, 6.45) is 10.4. The van der Waals surface area contributed by atoms with E-state index < -0.39 is 10.0 Å². The van der Waals surface area contributed by atoms with Crippen LogP contribution in [0.15, 0.2) is 11.1 Å². The first-order chi connectivity index (χ1) is 10.5. The summed E-state index contributed by atoms with van der Waals surface area (Å²) in [7, 11) is -3.41. The minimum absolute atomic E-state index is 0.146. The summed E-state index contributed by atoms with van der Waals surface area (Å²) in [5.41, 5.74) is 0.646. The monoisotopic (exact) mass is 325 g/mol. The van der Waals surface area contributed by atoms with Crippen LogP contribution in [0.3, 0.4) is 0 Å². The molecule has 1 aliphatic heterocycles. The van der Waals surface area contributed by atoms with Crippen molar-refractivity contribution in [3.8, 4) is 0 Å². The second-order valence-electron chi connectivity index (χ2n) is 6.67. The van der Waals surface area contributed by atoms with Gasteiger partial charge in [0.2, 0.25) is 10.0 Å². The van der Waals surface area contributed by atoms with Gasteiger partial charge in [0.1, 0.15) is 4.90 Å². The van der Waals surface area contributed by atoms with Crippen LogP contribution >= 0.6 is 0 Å². The molecule has 0 amide bonds. The normalized spacial score (nSPS) is 24.9. The van der Waals surface area contributed by atoms with E-state index in [0.717, 1.165) is 38.5 Å². The molecule has 1 saturated heterocycles. The summed E-state index contributed by atoms with van der Waals surface area (Å²) in [6, 6.07) is 0.527.